The third-order valence-electron chi connectivity index (χ3n) is 4.98. The molecule has 3 rings (SSSR count). The number of amides is 1. The number of piperazine rings is 1. The first-order valence-corrected chi connectivity index (χ1v) is 8.19. The number of aryl methyl sites for hydroxylation is 2. The lowest BCUT2D eigenvalue weighted by Gasteiger charge is -2.36. The van der Waals surface area contributed by atoms with Crippen LogP contribution in [0.25, 0.3) is 0 Å². The molecule has 5 heteroatoms. The first kappa shape index (κ1) is 14.4. The van der Waals surface area contributed by atoms with Crippen molar-refractivity contribution in [2.24, 2.45) is 5.92 Å². The maximum absolute atomic E-state index is 12.4. The standard InChI is InChI=1S/C16H26N4O/c1-12-16(13(2)18-17-12)20-9-7-19(8-10-20)15(21)11-14-5-3-4-6-14/h14H,3-11H2,1-2H3,(H,17,18). The number of hydrogen-bond donors (Lipinski definition) is 1. The Morgan fingerprint density at radius 1 is 1.19 bits per heavy atom. The predicted molar refractivity (Wildman–Crippen MR) is 83.4 cm³/mol. The highest BCUT2D eigenvalue weighted by atomic mass is 16.2. The summed E-state index contributed by atoms with van der Waals surface area (Å²) in [6, 6.07) is 0. The van der Waals surface area contributed by atoms with Gasteiger partial charge in [-0.05, 0) is 32.6 Å². The first-order chi connectivity index (χ1) is 10.1. The van der Waals surface area contributed by atoms with Crippen LogP contribution in [0.3, 0.4) is 0 Å². The van der Waals surface area contributed by atoms with Crippen LogP contribution >= 0.6 is 0 Å². The molecule has 5 nitrogen and oxygen atoms in total. The van der Waals surface area contributed by atoms with Crippen LogP contribution in [0.4, 0.5) is 5.69 Å². The normalized spacial score (nSPS) is 20.3. The number of aromatic nitrogens is 2. The molecule has 2 fully saturated rings. The number of anilines is 1. The van der Waals surface area contributed by atoms with Gasteiger partial charge in [0.05, 0.1) is 17.1 Å². The molecule has 1 saturated heterocycles. The Kier molecular flexibility index (Phi) is 4.17. The molecule has 2 aliphatic rings. The van der Waals surface area contributed by atoms with Crippen LogP contribution < -0.4 is 4.90 Å². The van der Waals surface area contributed by atoms with E-state index in [0.717, 1.165) is 44.0 Å². The summed E-state index contributed by atoms with van der Waals surface area (Å²) in [6.07, 6.45) is 5.89. The smallest absolute Gasteiger partial charge is 0.222 e. The van der Waals surface area contributed by atoms with Gasteiger partial charge in [-0.15, -0.1) is 0 Å². The molecule has 0 unspecified atom stereocenters. The van der Waals surface area contributed by atoms with E-state index in [-0.39, 0.29) is 0 Å². The van der Waals surface area contributed by atoms with Gasteiger partial charge < -0.3 is 9.80 Å². The van der Waals surface area contributed by atoms with Crippen molar-refractivity contribution < 1.29 is 4.79 Å². The van der Waals surface area contributed by atoms with E-state index in [0.29, 0.717) is 11.8 Å². The van der Waals surface area contributed by atoms with Crippen LogP contribution in [0.15, 0.2) is 0 Å². The maximum atomic E-state index is 12.4. The van der Waals surface area contributed by atoms with Crippen molar-refractivity contribution in [3.63, 3.8) is 0 Å². The highest BCUT2D eigenvalue weighted by Crippen LogP contribution is 2.28. The van der Waals surface area contributed by atoms with Crippen molar-refractivity contribution in [3.05, 3.63) is 11.4 Å². The Morgan fingerprint density at radius 2 is 1.86 bits per heavy atom. The van der Waals surface area contributed by atoms with Crippen LogP contribution in [0.5, 0.6) is 0 Å². The van der Waals surface area contributed by atoms with Gasteiger partial charge in [-0.2, -0.15) is 5.10 Å². The van der Waals surface area contributed by atoms with Gasteiger partial charge in [0.2, 0.25) is 5.91 Å². The van der Waals surface area contributed by atoms with Crippen molar-refractivity contribution >= 4 is 11.6 Å². The zero-order valence-electron chi connectivity index (χ0n) is 13.2. The highest BCUT2D eigenvalue weighted by Gasteiger charge is 2.26. The van der Waals surface area contributed by atoms with E-state index in [2.05, 4.69) is 26.9 Å². The van der Waals surface area contributed by atoms with E-state index in [9.17, 15) is 4.79 Å². The van der Waals surface area contributed by atoms with Gasteiger partial charge in [-0.3, -0.25) is 9.89 Å². The van der Waals surface area contributed by atoms with Crippen molar-refractivity contribution in [2.45, 2.75) is 46.0 Å². The van der Waals surface area contributed by atoms with Crippen LogP contribution in [0.2, 0.25) is 0 Å². The monoisotopic (exact) mass is 290 g/mol. The molecular formula is C16H26N4O. The molecule has 1 aliphatic heterocycles. The average Bonchev–Trinajstić information content (AvgIpc) is 3.09. The maximum Gasteiger partial charge on any atom is 0.222 e. The van der Waals surface area contributed by atoms with E-state index >= 15 is 0 Å². The van der Waals surface area contributed by atoms with Crippen molar-refractivity contribution in [1.29, 1.82) is 0 Å². The van der Waals surface area contributed by atoms with E-state index in [1.807, 2.05) is 6.92 Å². The predicted octanol–water partition coefficient (Wildman–Crippen LogP) is 2.26. The number of H-pyrrole nitrogens is 1. The Labute approximate surface area is 126 Å². The fourth-order valence-corrected chi connectivity index (χ4v) is 3.78. The second-order valence-corrected chi connectivity index (χ2v) is 6.51. The summed E-state index contributed by atoms with van der Waals surface area (Å²) in [5.41, 5.74) is 3.40. The van der Waals surface area contributed by atoms with E-state index in [4.69, 9.17) is 0 Å². The van der Waals surface area contributed by atoms with Crippen LogP contribution in [-0.4, -0.2) is 47.2 Å². The van der Waals surface area contributed by atoms with Crippen LogP contribution in [-0.2, 0) is 4.79 Å². The molecule has 116 valence electrons. The molecule has 0 atom stereocenters. The third kappa shape index (κ3) is 3.06. The van der Waals surface area contributed by atoms with Gasteiger partial charge in [0.1, 0.15) is 0 Å². The summed E-state index contributed by atoms with van der Waals surface area (Å²) in [7, 11) is 0. The van der Waals surface area contributed by atoms with Gasteiger partial charge in [0, 0.05) is 32.6 Å². The molecule has 1 saturated carbocycles. The molecule has 1 aromatic heterocycles. The summed E-state index contributed by atoms with van der Waals surface area (Å²) in [4.78, 5) is 16.8. The molecule has 0 spiro atoms. The molecule has 1 aliphatic carbocycles. The van der Waals surface area contributed by atoms with Crippen molar-refractivity contribution in [1.82, 2.24) is 15.1 Å². The fourth-order valence-electron chi connectivity index (χ4n) is 3.78. The molecule has 0 bridgehead atoms. The van der Waals surface area contributed by atoms with Gasteiger partial charge in [-0.25, -0.2) is 0 Å². The topological polar surface area (TPSA) is 52.2 Å². The molecule has 21 heavy (non-hydrogen) atoms. The van der Waals surface area contributed by atoms with E-state index < -0.39 is 0 Å². The minimum absolute atomic E-state index is 0.363. The number of nitrogens with one attached hydrogen (secondary N) is 1. The van der Waals surface area contributed by atoms with Gasteiger partial charge >= 0.3 is 0 Å². The Hall–Kier alpha value is -1.52. The number of nitrogens with zero attached hydrogens (tertiary/aromatic N) is 3. The van der Waals surface area contributed by atoms with E-state index in [1.165, 1.54) is 31.4 Å². The number of hydrogen-bond acceptors (Lipinski definition) is 3. The lowest BCUT2D eigenvalue weighted by molar-refractivity contribution is -0.132. The third-order valence-corrected chi connectivity index (χ3v) is 4.98. The number of aromatic amines is 1. The van der Waals surface area contributed by atoms with Gasteiger partial charge in [0.25, 0.3) is 0 Å². The molecule has 1 aromatic rings. The molecular weight excluding hydrogens is 264 g/mol. The molecule has 1 amide bonds. The summed E-state index contributed by atoms with van der Waals surface area (Å²) in [5, 5.41) is 7.31. The molecule has 0 aromatic carbocycles. The Balaban J connectivity index is 1.54. The second-order valence-electron chi connectivity index (χ2n) is 6.51. The van der Waals surface area contributed by atoms with Crippen molar-refractivity contribution in [2.75, 3.05) is 31.1 Å². The minimum Gasteiger partial charge on any atom is -0.365 e. The largest absolute Gasteiger partial charge is 0.365 e. The van der Waals surface area contributed by atoms with Crippen LogP contribution in [0, 0.1) is 19.8 Å². The fraction of sp³-hybridized carbons (Fsp3) is 0.750. The number of carbonyl (C=O) groups is 1. The molecule has 1 N–H and O–H groups in total. The number of carbonyl (C=O) groups excluding carboxylic acids is 1. The summed E-state index contributed by atoms with van der Waals surface area (Å²) >= 11 is 0. The lowest BCUT2D eigenvalue weighted by atomic mass is 10.0. The van der Waals surface area contributed by atoms with Gasteiger partial charge in [-0.1, -0.05) is 12.8 Å². The Bertz CT molecular complexity index is 477. The first-order valence-electron chi connectivity index (χ1n) is 8.19. The lowest BCUT2D eigenvalue weighted by Crippen LogP contribution is -2.49. The number of rotatable bonds is 3. The summed E-state index contributed by atoms with van der Waals surface area (Å²) in [6.45, 7) is 7.61. The quantitative estimate of drug-likeness (QED) is 0.929. The summed E-state index contributed by atoms with van der Waals surface area (Å²) in [5.74, 6) is 1.01. The summed E-state index contributed by atoms with van der Waals surface area (Å²) < 4.78 is 0. The van der Waals surface area contributed by atoms with Crippen LogP contribution in [0.1, 0.15) is 43.5 Å². The SMILES string of the molecule is Cc1n[nH]c(C)c1N1CCN(C(=O)CC2CCCC2)CC1. The second kappa shape index (κ2) is 6.08. The zero-order chi connectivity index (χ0) is 14.8. The molecule has 2 heterocycles. The van der Waals surface area contributed by atoms with E-state index in [1.54, 1.807) is 0 Å². The Morgan fingerprint density at radius 3 is 2.43 bits per heavy atom. The van der Waals surface area contributed by atoms with Crippen molar-refractivity contribution in [3.8, 4) is 0 Å². The molecule has 0 radical (unpaired) electrons. The zero-order valence-corrected chi connectivity index (χ0v) is 13.2. The average molecular weight is 290 g/mol. The highest BCUT2D eigenvalue weighted by molar-refractivity contribution is 5.77. The minimum atomic E-state index is 0.363. The van der Waals surface area contributed by atoms with Gasteiger partial charge in [0.15, 0.2) is 0 Å².